The molecule has 6 nitrogen and oxygen atoms in total. The zero-order valence-electron chi connectivity index (χ0n) is 10.3. The lowest BCUT2D eigenvalue weighted by molar-refractivity contribution is -0.384. The van der Waals surface area contributed by atoms with E-state index in [-0.39, 0.29) is 11.4 Å². The Hall–Kier alpha value is -2.16. The number of nitro groups is 1. The molecule has 0 fully saturated rings. The molecule has 0 bridgehead atoms. The number of hydrogen-bond donors (Lipinski definition) is 2. The van der Waals surface area contributed by atoms with Crippen LogP contribution in [0, 0.1) is 10.1 Å². The molecule has 9 heteroatoms. The van der Waals surface area contributed by atoms with Gasteiger partial charge in [-0.05, 0) is 13.0 Å². The molecule has 110 valence electrons. The van der Waals surface area contributed by atoms with Crippen molar-refractivity contribution in [3.8, 4) is 0 Å². The van der Waals surface area contributed by atoms with E-state index < -0.39 is 29.0 Å². The Morgan fingerprint density at radius 1 is 1.45 bits per heavy atom. The molecule has 20 heavy (non-hydrogen) atoms. The van der Waals surface area contributed by atoms with Gasteiger partial charge < -0.3 is 10.4 Å². The third-order valence-electron chi connectivity index (χ3n) is 2.46. The van der Waals surface area contributed by atoms with Crippen LogP contribution in [0.1, 0.15) is 13.3 Å². The van der Waals surface area contributed by atoms with Crippen LogP contribution in [0.3, 0.4) is 0 Å². The number of benzene rings is 1. The maximum absolute atomic E-state index is 12.4. The molecule has 0 saturated carbocycles. The molecule has 0 heterocycles. The third kappa shape index (κ3) is 3.92. The van der Waals surface area contributed by atoms with Crippen molar-refractivity contribution in [2.24, 2.45) is 0 Å². The summed E-state index contributed by atoms with van der Waals surface area (Å²) in [4.78, 5) is 21.2. The maximum atomic E-state index is 12.4. The predicted molar refractivity (Wildman–Crippen MR) is 63.0 cm³/mol. The van der Waals surface area contributed by atoms with Gasteiger partial charge in [0.05, 0.1) is 11.3 Å². The first kappa shape index (κ1) is 15.9. The van der Waals surface area contributed by atoms with Crippen molar-refractivity contribution >= 4 is 17.3 Å². The van der Waals surface area contributed by atoms with Crippen molar-refractivity contribution in [1.29, 1.82) is 0 Å². The molecule has 0 spiro atoms. The monoisotopic (exact) mass is 292 g/mol. The summed E-state index contributed by atoms with van der Waals surface area (Å²) < 4.78 is 37.1. The normalized spacial score (nSPS) is 14.4. The minimum absolute atomic E-state index is 0.0258. The van der Waals surface area contributed by atoms with Gasteiger partial charge in [0.2, 0.25) is 5.91 Å². The van der Waals surface area contributed by atoms with Crippen LogP contribution < -0.4 is 5.32 Å². The Labute approximate surface area is 111 Å². The molecule has 0 aliphatic carbocycles. The Morgan fingerprint density at radius 2 is 2.05 bits per heavy atom. The van der Waals surface area contributed by atoms with E-state index in [4.69, 9.17) is 5.11 Å². The SMILES string of the molecule is C[C@@](O)(CC(=O)Nc1cccc([N+](=O)[O-])c1)C(F)(F)F. The van der Waals surface area contributed by atoms with Gasteiger partial charge in [-0.1, -0.05) is 6.07 Å². The second-order valence-electron chi connectivity index (χ2n) is 4.30. The van der Waals surface area contributed by atoms with Crippen molar-refractivity contribution in [3.63, 3.8) is 0 Å². The van der Waals surface area contributed by atoms with Gasteiger partial charge in [-0.25, -0.2) is 0 Å². The number of halogens is 3. The summed E-state index contributed by atoms with van der Waals surface area (Å²) in [6.45, 7) is 0.472. The van der Waals surface area contributed by atoms with E-state index in [0.29, 0.717) is 6.92 Å². The molecule has 0 aliphatic rings. The molecular formula is C11H11F3N2O4. The highest BCUT2D eigenvalue weighted by molar-refractivity contribution is 5.91. The number of nitrogens with zero attached hydrogens (tertiary/aromatic N) is 1. The summed E-state index contributed by atoms with van der Waals surface area (Å²) >= 11 is 0. The first-order valence-corrected chi connectivity index (χ1v) is 5.36. The Bertz CT molecular complexity index is 529. The highest BCUT2D eigenvalue weighted by Crippen LogP contribution is 2.32. The summed E-state index contributed by atoms with van der Waals surface area (Å²) in [6.07, 6.45) is -6.16. The fraction of sp³-hybridized carbons (Fsp3) is 0.364. The number of amides is 1. The zero-order valence-corrected chi connectivity index (χ0v) is 10.3. The molecule has 0 aromatic heterocycles. The van der Waals surface area contributed by atoms with Gasteiger partial charge in [-0.15, -0.1) is 0 Å². The second kappa shape index (κ2) is 5.45. The fourth-order valence-electron chi connectivity index (χ4n) is 1.32. The van der Waals surface area contributed by atoms with Crippen LogP contribution in [0.2, 0.25) is 0 Å². The lowest BCUT2D eigenvalue weighted by Gasteiger charge is -2.25. The van der Waals surface area contributed by atoms with Crippen molar-refractivity contribution in [3.05, 3.63) is 34.4 Å². The summed E-state index contributed by atoms with van der Waals surface area (Å²) in [5.41, 5.74) is -3.51. The van der Waals surface area contributed by atoms with Crippen LogP contribution >= 0.6 is 0 Å². The average molecular weight is 292 g/mol. The number of non-ortho nitro benzene ring substituents is 1. The quantitative estimate of drug-likeness (QED) is 0.657. The minimum Gasteiger partial charge on any atom is -0.380 e. The first-order valence-electron chi connectivity index (χ1n) is 5.36. The van der Waals surface area contributed by atoms with E-state index in [1.54, 1.807) is 0 Å². The maximum Gasteiger partial charge on any atom is 0.417 e. The number of alkyl halides is 3. The largest absolute Gasteiger partial charge is 0.417 e. The average Bonchev–Trinajstić information content (AvgIpc) is 2.26. The number of nitrogens with one attached hydrogen (secondary N) is 1. The number of rotatable bonds is 4. The topological polar surface area (TPSA) is 92.5 Å². The van der Waals surface area contributed by atoms with Gasteiger partial charge in [0, 0.05) is 17.8 Å². The summed E-state index contributed by atoms with van der Waals surface area (Å²) in [7, 11) is 0. The molecule has 1 rings (SSSR count). The van der Waals surface area contributed by atoms with E-state index in [0.717, 1.165) is 6.07 Å². The minimum atomic E-state index is -4.95. The van der Waals surface area contributed by atoms with Crippen LogP contribution in [0.5, 0.6) is 0 Å². The molecular weight excluding hydrogens is 281 g/mol. The molecule has 1 aromatic rings. The standard InChI is InChI=1S/C11H11F3N2O4/c1-10(18,11(12,13)14)6-9(17)15-7-3-2-4-8(5-7)16(19)20/h2-5,18H,6H2,1H3,(H,15,17)/t10-/m1/s1. The summed E-state index contributed by atoms with van der Waals surface area (Å²) in [5, 5.41) is 21.7. The highest BCUT2D eigenvalue weighted by Gasteiger charge is 2.50. The van der Waals surface area contributed by atoms with E-state index >= 15 is 0 Å². The van der Waals surface area contributed by atoms with Gasteiger partial charge >= 0.3 is 6.18 Å². The predicted octanol–water partition coefficient (Wildman–Crippen LogP) is 2.24. The first-order chi connectivity index (χ1) is 9.03. The molecule has 1 aromatic carbocycles. The molecule has 1 atom stereocenters. The van der Waals surface area contributed by atoms with Crippen LogP contribution in [0.25, 0.3) is 0 Å². The van der Waals surface area contributed by atoms with Crippen LogP contribution in [0.4, 0.5) is 24.5 Å². The van der Waals surface area contributed by atoms with Crippen LogP contribution in [-0.2, 0) is 4.79 Å². The molecule has 0 unspecified atom stereocenters. The summed E-state index contributed by atoms with van der Waals surface area (Å²) in [6, 6.07) is 4.73. The zero-order chi connectivity index (χ0) is 15.6. The Morgan fingerprint density at radius 3 is 2.55 bits per heavy atom. The highest BCUT2D eigenvalue weighted by atomic mass is 19.4. The Kier molecular flexibility index (Phi) is 4.33. The number of carbonyl (C=O) groups is 1. The number of nitro benzene ring substituents is 1. The third-order valence-corrected chi connectivity index (χ3v) is 2.46. The lowest BCUT2D eigenvalue weighted by Crippen LogP contribution is -2.44. The van der Waals surface area contributed by atoms with E-state index in [1.807, 2.05) is 0 Å². The second-order valence-corrected chi connectivity index (χ2v) is 4.30. The molecule has 0 saturated heterocycles. The van der Waals surface area contributed by atoms with Crippen molar-refractivity contribution in [2.45, 2.75) is 25.1 Å². The molecule has 0 aliphatic heterocycles. The van der Waals surface area contributed by atoms with Crippen LogP contribution in [-0.4, -0.2) is 27.7 Å². The van der Waals surface area contributed by atoms with Gasteiger partial charge in [-0.3, -0.25) is 14.9 Å². The number of hydrogen-bond acceptors (Lipinski definition) is 4. The Balaban J connectivity index is 2.77. The smallest absolute Gasteiger partial charge is 0.380 e. The van der Waals surface area contributed by atoms with Gasteiger partial charge in [-0.2, -0.15) is 13.2 Å². The molecule has 2 N–H and O–H groups in total. The number of aliphatic hydroxyl groups is 1. The number of carbonyl (C=O) groups excluding carboxylic acids is 1. The van der Waals surface area contributed by atoms with E-state index in [1.165, 1.54) is 18.2 Å². The van der Waals surface area contributed by atoms with Gasteiger partial charge in [0.1, 0.15) is 0 Å². The van der Waals surface area contributed by atoms with E-state index in [2.05, 4.69) is 5.32 Å². The van der Waals surface area contributed by atoms with Crippen molar-refractivity contribution in [1.82, 2.24) is 0 Å². The summed E-state index contributed by atoms with van der Waals surface area (Å²) in [5.74, 6) is -1.10. The van der Waals surface area contributed by atoms with Crippen molar-refractivity contribution in [2.75, 3.05) is 5.32 Å². The van der Waals surface area contributed by atoms with E-state index in [9.17, 15) is 28.1 Å². The molecule has 0 radical (unpaired) electrons. The van der Waals surface area contributed by atoms with Gasteiger partial charge in [0.15, 0.2) is 5.60 Å². The molecule has 1 amide bonds. The fourth-order valence-corrected chi connectivity index (χ4v) is 1.32. The van der Waals surface area contributed by atoms with Crippen LogP contribution in [0.15, 0.2) is 24.3 Å². The lowest BCUT2D eigenvalue weighted by atomic mass is 10.0. The van der Waals surface area contributed by atoms with Crippen molar-refractivity contribution < 1.29 is 28.0 Å². The number of anilines is 1. The van der Waals surface area contributed by atoms with Gasteiger partial charge in [0.25, 0.3) is 5.69 Å².